The molecule has 1 aliphatic rings. The van der Waals surface area contributed by atoms with E-state index in [1.807, 2.05) is 19.3 Å². The summed E-state index contributed by atoms with van der Waals surface area (Å²) < 4.78 is 7.77. The van der Waals surface area contributed by atoms with Gasteiger partial charge < -0.3 is 4.74 Å². The second-order valence-corrected chi connectivity index (χ2v) is 6.09. The van der Waals surface area contributed by atoms with Crippen molar-refractivity contribution in [3.63, 3.8) is 0 Å². The van der Waals surface area contributed by atoms with Crippen LogP contribution in [0.5, 0.6) is 5.88 Å². The Hall–Kier alpha value is -2.54. The molecule has 7 heteroatoms. The molecule has 0 bridgehead atoms. The quantitative estimate of drug-likeness (QED) is 0.733. The second kappa shape index (κ2) is 6.52. The normalized spacial score (nSPS) is 15.7. The van der Waals surface area contributed by atoms with E-state index in [1.165, 1.54) is 19.3 Å². The Kier molecular flexibility index (Phi) is 4.08. The van der Waals surface area contributed by atoms with Crippen LogP contribution < -0.4 is 4.74 Å². The van der Waals surface area contributed by atoms with Gasteiger partial charge in [0.05, 0.1) is 17.4 Å². The number of piperidine rings is 1. The number of aryl methyl sites for hydroxylation is 1. The maximum Gasteiger partial charge on any atom is 0.244 e. The summed E-state index contributed by atoms with van der Waals surface area (Å²) in [4.78, 5) is 15.8. The summed E-state index contributed by atoms with van der Waals surface area (Å²) in [5, 5.41) is 4.21. The van der Waals surface area contributed by atoms with E-state index in [9.17, 15) is 0 Å². The minimum absolute atomic E-state index is 0.532. The molecular formula is C17H20N6O. The molecule has 0 amide bonds. The van der Waals surface area contributed by atoms with Crippen molar-refractivity contribution in [2.75, 3.05) is 19.8 Å². The summed E-state index contributed by atoms with van der Waals surface area (Å²) >= 11 is 0. The van der Waals surface area contributed by atoms with Crippen LogP contribution in [-0.2, 0) is 7.05 Å². The largest absolute Gasteiger partial charge is 0.460 e. The fraction of sp³-hybridized carbons (Fsp3) is 0.412. The first kappa shape index (κ1) is 15.0. The van der Waals surface area contributed by atoms with Gasteiger partial charge >= 0.3 is 0 Å². The smallest absolute Gasteiger partial charge is 0.244 e. The number of aromatic nitrogens is 5. The van der Waals surface area contributed by atoms with Crippen LogP contribution >= 0.6 is 0 Å². The van der Waals surface area contributed by atoms with E-state index in [2.05, 4.69) is 25.0 Å². The van der Waals surface area contributed by atoms with Crippen LogP contribution in [0.4, 0.5) is 0 Å². The van der Waals surface area contributed by atoms with E-state index in [4.69, 9.17) is 4.74 Å². The highest BCUT2D eigenvalue weighted by Crippen LogP contribution is 2.26. The molecule has 0 aromatic carbocycles. The average Bonchev–Trinajstić information content (AvgIpc) is 3.07. The van der Waals surface area contributed by atoms with E-state index >= 15 is 0 Å². The van der Waals surface area contributed by atoms with Crippen molar-refractivity contribution in [3.05, 3.63) is 30.9 Å². The fourth-order valence-electron chi connectivity index (χ4n) is 2.99. The summed E-state index contributed by atoms with van der Waals surface area (Å²) in [6, 6.07) is 1.92. The first-order valence-electron chi connectivity index (χ1n) is 8.25. The number of nitrogens with zero attached hydrogens (tertiary/aromatic N) is 6. The molecule has 0 aliphatic carbocycles. The molecule has 1 saturated heterocycles. The maximum atomic E-state index is 6.01. The van der Waals surface area contributed by atoms with Crippen LogP contribution in [0.15, 0.2) is 30.9 Å². The molecule has 0 radical (unpaired) electrons. The first-order chi connectivity index (χ1) is 11.8. The van der Waals surface area contributed by atoms with Gasteiger partial charge in [0, 0.05) is 44.3 Å². The third-order valence-corrected chi connectivity index (χ3v) is 4.26. The summed E-state index contributed by atoms with van der Waals surface area (Å²) in [5.74, 6) is 0.532. The van der Waals surface area contributed by atoms with Crippen molar-refractivity contribution in [2.24, 2.45) is 7.05 Å². The van der Waals surface area contributed by atoms with E-state index in [0.29, 0.717) is 18.1 Å². The van der Waals surface area contributed by atoms with Gasteiger partial charge in [-0.15, -0.1) is 0 Å². The average molecular weight is 324 g/mol. The zero-order valence-corrected chi connectivity index (χ0v) is 13.7. The van der Waals surface area contributed by atoms with Gasteiger partial charge in [-0.1, -0.05) is 6.42 Å². The van der Waals surface area contributed by atoms with Crippen LogP contribution in [0.1, 0.15) is 19.3 Å². The molecule has 1 fully saturated rings. The zero-order valence-electron chi connectivity index (χ0n) is 13.7. The maximum absolute atomic E-state index is 6.01. The highest BCUT2D eigenvalue weighted by Gasteiger charge is 2.15. The van der Waals surface area contributed by atoms with Crippen LogP contribution in [0.3, 0.4) is 0 Å². The Morgan fingerprint density at radius 1 is 1.12 bits per heavy atom. The highest BCUT2D eigenvalue weighted by atomic mass is 16.5. The molecule has 24 heavy (non-hydrogen) atoms. The molecule has 4 rings (SSSR count). The molecule has 1 aliphatic heterocycles. The van der Waals surface area contributed by atoms with Crippen LogP contribution in [0.25, 0.3) is 22.3 Å². The van der Waals surface area contributed by atoms with E-state index < -0.39 is 0 Å². The zero-order chi connectivity index (χ0) is 16.4. The van der Waals surface area contributed by atoms with Crippen LogP contribution in [-0.4, -0.2) is 49.5 Å². The molecule has 0 N–H and O–H groups in total. The van der Waals surface area contributed by atoms with Gasteiger partial charge in [0.15, 0.2) is 5.52 Å². The summed E-state index contributed by atoms with van der Waals surface area (Å²) in [7, 11) is 1.89. The summed E-state index contributed by atoms with van der Waals surface area (Å²) in [6.07, 6.45) is 10.8. The first-order valence-corrected chi connectivity index (χ1v) is 8.25. The molecule has 0 unspecified atom stereocenters. The number of rotatable bonds is 4. The van der Waals surface area contributed by atoms with Crippen molar-refractivity contribution >= 4 is 11.0 Å². The number of hydrogen-bond acceptors (Lipinski definition) is 6. The lowest BCUT2D eigenvalue weighted by Crippen LogP contribution is -2.33. The molecule has 7 nitrogen and oxygen atoms in total. The minimum atomic E-state index is 0.532. The highest BCUT2D eigenvalue weighted by molar-refractivity contribution is 5.83. The monoisotopic (exact) mass is 324 g/mol. The minimum Gasteiger partial charge on any atom is -0.460 e. The summed E-state index contributed by atoms with van der Waals surface area (Å²) in [6.45, 7) is 2.69. The Balaban J connectivity index is 1.66. The number of likely N-dealkylation sites (tertiary alicyclic amines) is 1. The standard InChI is InChI=1S/C17H20N6O/c1-22-11-13(10-20-22)14-9-15-16(19-6-5-18-15)17(21-14)24-12-23-7-3-2-4-8-23/h5-6,9-11H,2-4,7-8,12H2,1H3. The predicted molar refractivity (Wildman–Crippen MR) is 90.5 cm³/mol. The van der Waals surface area contributed by atoms with Crippen molar-refractivity contribution < 1.29 is 4.74 Å². The Morgan fingerprint density at radius 3 is 2.75 bits per heavy atom. The molecule has 0 saturated carbocycles. The van der Waals surface area contributed by atoms with Crippen molar-refractivity contribution in [1.29, 1.82) is 0 Å². The third kappa shape index (κ3) is 3.07. The van der Waals surface area contributed by atoms with Gasteiger partial charge in [0.1, 0.15) is 6.73 Å². The lowest BCUT2D eigenvalue weighted by Gasteiger charge is -2.26. The molecule has 0 spiro atoms. The lowest BCUT2D eigenvalue weighted by molar-refractivity contribution is 0.104. The predicted octanol–water partition coefficient (Wildman–Crippen LogP) is 2.25. The van der Waals surface area contributed by atoms with Gasteiger partial charge in [0.2, 0.25) is 5.88 Å². The molecule has 3 aromatic heterocycles. The van der Waals surface area contributed by atoms with Gasteiger partial charge in [-0.3, -0.25) is 14.6 Å². The fourth-order valence-corrected chi connectivity index (χ4v) is 2.99. The van der Waals surface area contributed by atoms with Crippen molar-refractivity contribution in [2.45, 2.75) is 19.3 Å². The Labute approximate surface area is 140 Å². The lowest BCUT2D eigenvalue weighted by atomic mass is 10.1. The van der Waals surface area contributed by atoms with Crippen molar-refractivity contribution in [3.8, 4) is 17.1 Å². The molecule has 0 atom stereocenters. The van der Waals surface area contributed by atoms with Gasteiger partial charge in [-0.2, -0.15) is 5.10 Å². The second-order valence-electron chi connectivity index (χ2n) is 6.09. The van der Waals surface area contributed by atoms with Gasteiger partial charge in [0.25, 0.3) is 0 Å². The van der Waals surface area contributed by atoms with Crippen molar-refractivity contribution in [1.82, 2.24) is 29.6 Å². The molecule has 4 heterocycles. The number of hydrogen-bond donors (Lipinski definition) is 0. The molecule has 3 aromatic rings. The topological polar surface area (TPSA) is 69.0 Å². The van der Waals surface area contributed by atoms with Crippen LogP contribution in [0, 0.1) is 0 Å². The number of pyridine rings is 1. The number of fused-ring (bicyclic) bond motifs is 1. The van der Waals surface area contributed by atoms with E-state index in [1.54, 1.807) is 23.3 Å². The summed E-state index contributed by atoms with van der Waals surface area (Å²) in [5.41, 5.74) is 3.21. The molecular weight excluding hydrogens is 304 g/mol. The van der Waals surface area contributed by atoms with E-state index in [0.717, 1.165) is 29.9 Å². The Bertz CT molecular complexity index is 840. The molecule has 124 valence electrons. The Morgan fingerprint density at radius 2 is 1.96 bits per heavy atom. The van der Waals surface area contributed by atoms with Gasteiger partial charge in [-0.05, 0) is 18.9 Å². The van der Waals surface area contributed by atoms with Crippen LogP contribution in [0.2, 0.25) is 0 Å². The van der Waals surface area contributed by atoms with E-state index in [-0.39, 0.29) is 0 Å². The number of ether oxygens (including phenoxy) is 1. The van der Waals surface area contributed by atoms with Gasteiger partial charge in [-0.25, -0.2) is 9.97 Å². The SMILES string of the molecule is Cn1cc(-c2cc3nccnc3c(OCN3CCCCC3)n2)cn1. The third-order valence-electron chi connectivity index (χ3n) is 4.26.